The molecular weight excluding hydrogens is 288 g/mol. The van der Waals surface area contributed by atoms with Crippen LogP contribution in [-0.2, 0) is 6.42 Å². The van der Waals surface area contributed by atoms with Crippen LogP contribution < -0.4 is 9.47 Å². The molecule has 0 fully saturated rings. The maximum atomic E-state index is 9.67. The molecule has 0 unspecified atom stereocenters. The summed E-state index contributed by atoms with van der Waals surface area (Å²) in [6.45, 7) is 4.84. The molecule has 118 valence electrons. The Morgan fingerprint density at radius 1 is 1.13 bits per heavy atom. The van der Waals surface area contributed by atoms with Crippen molar-refractivity contribution < 1.29 is 14.6 Å². The molecular formula is C20H20O3. The van der Waals surface area contributed by atoms with Crippen molar-refractivity contribution in [2.45, 2.75) is 32.3 Å². The number of benzene rings is 2. The van der Waals surface area contributed by atoms with Gasteiger partial charge in [-0.1, -0.05) is 23.8 Å². The third-order valence-electron chi connectivity index (χ3n) is 4.56. The van der Waals surface area contributed by atoms with E-state index in [4.69, 9.17) is 9.47 Å². The Morgan fingerprint density at radius 3 is 2.83 bits per heavy atom. The third kappa shape index (κ3) is 2.46. The van der Waals surface area contributed by atoms with Gasteiger partial charge in [0, 0.05) is 17.2 Å². The highest BCUT2D eigenvalue weighted by molar-refractivity contribution is 5.51. The van der Waals surface area contributed by atoms with E-state index in [2.05, 4.69) is 32.1 Å². The number of hydrogen-bond donors (Lipinski definition) is 1. The van der Waals surface area contributed by atoms with Gasteiger partial charge in [-0.2, -0.15) is 0 Å². The normalized spacial score (nSPS) is 20.6. The highest BCUT2D eigenvalue weighted by Gasteiger charge is 2.40. The third-order valence-corrected chi connectivity index (χ3v) is 4.56. The SMILES string of the molecule is CC(C)=CCc1ccc2c(c1)[C@@H]1Oc3cc(O)ccc3[C@H]1CO2. The summed E-state index contributed by atoms with van der Waals surface area (Å²) in [5.74, 6) is 2.10. The fourth-order valence-corrected chi connectivity index (χ4v) is 3.35. The summed E-state index contributed by atoms with van der Waals surface area (Å²) < 4.78 is 12.1. The van der Waals surface area contributed by atoms with E-state index in [0.29, 0.717) is 6.61 Å². The van der Waals surface area contributed by atoms with Crippen molar-refractivity contribution in [3.05, 3.63) is 64.7 Å². The number of fused-ring (bicyclic) bond motifs is 5. The van der Waals surface area contributed by atoms with E-state index >= 15 is 0 Å². The topological polar surface area (TPSA) is 38.7 Å². The van der Waals surface area contributed by atoms with Crippen molar-refractivity contribution in [3.8, 4) is 17.2 Å². The van der Waals surface area contributed by atoms with Crippen molar-refractivity contribution in [2.75, 3.05) is 6.61 Å². The van der Waals surface area contributed by atoms with Crippen molar-refractivity contribution in [1.82, 2.24) is 0 Å². The minimum atomic E-state index is -0.0257. The van der Waals surface area contributed by atoms with Crippen molar-refractivity contribution >= 4 is 0 Å². The van der Waals surface area contributed by atoms with Crippen LogP contribution in [0.15, 0.2) is 48.0 Å². The smallest absolute Gasteiger partial charge is 0.138 e. The van der Waals surface area contributed by atoms with Gasteiger partial charge in [0.25, 0.3) is 0 Å². The molecule has 23 heavy (non-hydrogen) atoms. The van der Waals surface area contributed by atoms with Gasteiger partial charge < -0.3 is 14.6 Å². The zero-order chi connectivity index (χ0) is 16.0. The summed E-state index contributed by atoms with van der Waals surface area (Å²) in [7, 11) is 0. The standard InChI is InChI=1S/C20H20O3/c1-12(2)3-4-13-5-8-18-16(9-13)20-17(11-22-18)15-7-6-14(21)10-19(15)23-20/h3,5-10,17,20-21H,4,11H2,1-2H3/t17-,20+/m1/s1. The molecule has 2 aromatic carbocycles. The molecule has 0 aliphatic carbocycles. The van der Waals surface area contributed by atoms with Crippen LogP contribution >= 0.6 is 0 Å². The molecule has 0 spiro atoms. The molecule has 2 atom stereocenters. The first kappa shape index (κ1) is 14.2. The fraction of sp³-hybridized carbons (Fsp3) is 0.300. The van der Waals surface area contributed by atoms with E-state index < -0.39 is 0 Å². The zero-order valence-corrected chi connectivity index (χ0v) is 13.4. The quantitative estimate of drug-likeness (QED) is 0.830. The van der Waals surface area contributed by atoms with Crippen molar-refractivity contribution in [3.63, 3.8) is 0 Å². The summed E-state index contributed by atoms with van der Waals surface area (Å²) >= 11 is 0. The predicted molar refractivity (Wildman–Crippen MR) is 89.3 cm³/mol. The molecule has 0 radical (unpaired) electrons. The predicted octanol–water partition coefficient (Wildman–Crippen LogP) is 4.51. The lowest BCUT2D eigenvalue weighted by Crippen LogP contribution is -2.23. The molecule has 2 aliphatic heterocycles. The molecule has 4 rings (SSSR count). The van der Waals surface area contributed by atoms with Gasteiger partial charge in [-0.25, -0.2) is 0 Å². The van der Waals surface area contributed by atoms with Crippen molar-refractivity contribution in [1.29, 1.82) is 0 Å². The second kappa shape index (κ2) is 5.34. The van der Waals surface area contributed by atoms with Gasteiger partial charge in [-0.15, -0.1) is 0 Å². The van der Waals surface area contributed by atoms with Crippen LogP contribution in [0.1, 0.15) is 42.6 Å². The Hall–Kier alpha value is -2.42. The maximum absolute atomic E-state index is 9.67. The summed E-state index contributed by atoms with van der Waals surface area (Å²) in [5, 5.41) is 9.67. The number of ether oxygens (including phenoxy) is 2. The molecule has 2 aromatic rings. The molecule has 0 saturated heterocycles. The molecule has 0 saturated carbocycles. The lowest BCUT2D eigenvalue weighted by atomic mass is 9.88. The van der Waals surface area contributed by atoms with Gasteiger partial charge in [0.1, 0.15) is 23.4 Å². The molecule has 0 aromatic heterocycles. The van der Waals surface area contributed by atoms with Gasteiger partial charge >= 0.3 is 0 Å². The number of aromatic hydroxyl groups is 1. The van der Waals surface area contributed by atoms with E-state index in [-0.39, 0.29) is 17.8 Å². The van der Waals surface area contributed by atoms with Crippen LogP contribution in [0.25, 0.3) is 0 Å². The number of phenols is 1. The van der Waals surface area contributed by atoms with Crippen LogP contribution in [0.4, 0.5) is 0 Å². The average Bonchev–Trinajstić information content (AvgIpc) is 2.90. The first-order chi connectivity index (χ1) is 11.1. The lowest BCUT2D eigenvalue weighted by molar-refractivity contribution is 0.139. The number of rotatable bonds is 2. The summed E-state index contributed by atoms with van der Waals surface area (Å²) in [4.78, 5) is 0. The highest BCUT2D eigenvalue weighted by atomic mass is 16.5. The van der Waals surface area contributed by atoms with E-state index in [1.165, 1.54) is 11.1 Å². The van der Waals surface area contributed by atoms with Gasteiger partial charge in [0.2, 0.25) is 0 Å². The minimum absolute atomic E-state index is 0.0257. The summed E-state index contributed by atoms with van der Waals surface area (Å²) in [5.41, 5.74) is 4.80. The van der Waals surface area contributed by atoms with Gasteiger partial charge in [0.05, 0.1) is 12.5 Å². The molecule has 0 bridgehead atoms. The number of allylic oxidation sites excluding steroid dienone is 2. The van der Waals surface area contributed by atoms with E-state index in [1.807, 2.05) is 12.1 Å². The van der Waals surface area contributed by atoms with E-state index in [1.54, 1.807) is 12.1 Å². The first-order valence-corrected chi connectivity index (χ1v) is 8.00. The van der Waals surface area contributed by atoms with Crippen LogP contribution in [0.3, 0.4) is 0 Å². The lowest BCUT2D eigenvalue weighted by Gasteiger charge is -2.28. The largest absolute Gasteiger partial charge is 0.508 e. The summed E-state index contributed by atoms with van der Waals surface area (Å²) in [6.07, 6.45) is 3.12. The Morgan fingerprint density at radius 2 is 2.00 bits per heavy atom. The zero-order valence-electron chi connectivity index (χ0n) is 13.4. The second-order valence-corrected chi connectivity index (χ2v) is 6.54. The molecule has 0 amide bonds. The average molecular weight is 308 g/mol. The molecule has 3 heteroatoms. The summed E-state index contributed by atoms with van der Waals surface area (Å²) in [6, 6.07) is 11.7. The maximum Gasteiger partial charge on any atom is 0.138 e. The Bertz CT molecular complexity index is 787. The Balaban J connectivity index is 1.70. The van der Waals surface area contributed by atoms with Gasteiger partial charge in [-0.05, 0) is 44.0 Å². The highest BCUT2D eigenvalue weighted by Crippen LogP contribution is 2.51. The number of phenolic OH excluding ortho intramolecular Hbond substituents is 1. The number of hydrogen-bond acceptors (Lipinski definition) is 3. The van der Waals surface area contributed by atoms with Crippen LogP contribution in [-0.4, -0.2) is 11.7 Å². The van der Waals surface area contributed by atoms with E-state index in [9.17, 15) is 5.11 Å². The monoisotopic (exact) mass is 308 g/mol. The van der Waals surface area contributed by atoms with Gasteiger partial charge in [-0.3, -0.25) is 0 Å². The second-order valence-electron chi connectivity index (χ2n) is 6.54. The van der Waals surface area contributed by atoms with Crippen LogP contribution in [0.5, 0.6) is 17.2 Å². The fourth-order valence-electron chi connectivity index (χ4n) is 3.35. The minimum Gasteiger partial charge on any atom is -0.508 e. The Labute approximate surface area is 136 Å². The first-order valence-electron chi connectivity index (χ1n) is 8.00. The molecule has 3 nitrogen and oxygen atoms in total. The van der Waals surface area contributed by atoms with E-state index in [0.717, 1.165) is 29.0 Å². The van der Waals surface area contributed by atoms with Crippen molar-refractivity contribution in [2.24, 2.45) is 0 Å². The van der Waals surface area contributed by atoms with Crippen LogP contribution in [0, 0.1) is 0 Å². The molecule has 2 aliphatic rings. The van der Waals surface area contributed by atoms with Crippen LogP contribution in [0.2, 0.25) is 0 Å². The molecule has 2 heterocycles. The Kier molecular flexibility index (Phi) is 3.29. The van der Waals surface area contributed by atoms with Gasteiger partial charge in [0.15, 0.2) is 0 Å². The molecule has 1 N–H and O–H groups in total.